The van der Waals surface area contributed by atoms with Gasteiger partial charge in [0.2, 0.25) is 0 Å². The van der Waals surface area contributed by atoms with Gasteiger partial charge >= 0.3 is 6.61 Å². The minimum absolute atomic E-state index is 0. The lowest BCUT2D eigenvalue weighted by Gasteiger charge is -2.16. The average molecular weight is 526 g/mol. The molecule has 154 valence electrons. The van der Waals surface area contributed by atoms with Crippen molar-refractivity contribution in [3.63, 3.8) is 0 Å². The first-order valence-corrected chi connectivity index (χ1v) is 8.85. The van der Waals surface area contributed by atoms with Gasteiger partial charge in [0.15, 0.2) is 5.96 Å². The van der Waals surface area contributed by atoms with E-state index in [9.17, 15) is 13.9 Å². The van der Waals surface area contributed by atoms with Crippen molar-refractivity contribution in [2.75, 3.05) is 13.1 Å². The maximum absolute atomic E-state index is 12.2. The van der Waals surface area contributed by atoms with Crippen molar-refractivity contribution in [2.45, 2.75) is 26.2 Å². The molecule has 0 aromatic heterocycles. The van der Waals surface area contributed by atoms with Gasteiger partial charge in [-0.3, -0.25) is 0 Å². The van der Waals surface area contributed by atoms with Crippen molar-refractivity contribution in [3.8, 4) is 5.75 Å². The molecule has 0 spiro atoms. The first kappa shape index (κ1) is 24.4. The van der Waals surface area contributed by atoms with Crippen LogP contribution in [-0.2, 0) is 6.54 Å². The zero-order chi connectivity index (χ0) is 19.6. The van der Waals surface area contributed by atoms with Gasteiger partial charge in [-0.2, -0.15) is 8.78 Å². The Morgan fingerprint density at radius 3 is 2.43 bits per heavy atom. The van der Waals surface area contributed by atoms with Gasteiger partial charge in [0.05, 0.1) is 12.6 Å². The second-order valence-electron chi connectivity index (χ2n) is 5.63. The normalized spacial score (nSPS) is 12.3. The van der Waals surface area contributed by atoms with Crippen LogP contribution in [0.5, 0.6) is 5.75 Å². The first-order chi connectivity index (χ1) is 13.0. The van der Waals surface area contributed by atoms with Crippen molar-refractivity contribution < 1.29 is 18.6 Å². The highest BCUT2D eigenvalue weighted by atomic mass is 127. The van der Waals surface area contributed by atoms with Crippen LogP contribution in [0, 0.1) is 0 Å². The van der Waals surface area contributed by atoms with E-state index < -0.39 is 12.7 Å². The molecular formula is C19H23ClF2IN3O2. The summed E-state index contributed by atoms with van der Waals surface area (Å²) < 4.78 is 28.6. The molecule has 2 aromatic carbocycles. The smallest absolute Gasteiger partial charge is 0.387 e. The number of guanidine groups is 1. The molecule has 0 aliphatic carbocycles. The van der Waals surface area contributed by atoms with Gasteiger partial charge in [0.1, 0.15) is 5.75 Å². The molecule has 0 saturated heterocycles. The van der Waals surface area contributed by atoms with Gasteiger partial charge in [-0.05, 0) is 36.2 Å². The van der Waals surface area contributed by atoms with E-state index in [4.69, 9.17) is 11.6 Å². The van der Waals surface area contributed by atoms with Crippen LogP contribution in [0.1, 0.15) is 24.2 Å². The molecule has 3 N–H and O–H groups in total. The molecule has 0 bridgehead atoms. The Kier molecular flexibility index (Phi) is 11.1. The molecular weight excluding hydrogens is 503 g/mol. The molecule has 0 fully saturated rings. The van der Waals surface area contributed by atoms with Crippen LogP contribution >= 0.6 is 35.6 Å². The number of halogens is 4. The zero-order valence-electron chi connectivity index (χ0n) is 15.2. The van der Waals surface area contributed by atoms with Gasteiger partial charge in [0.25, 0.3) is 0 Å². The molecule has 1 atom stereocenters. The van der Waals surface area contributed by atoms with Crippen LogP contribution in [0.4, 0.5) is 8.78 Å². The first-order valence-electron chi connectivity index (χ1n) is 8.48. The number of nitrogens with zero attached hydrogens (tertiary/aromatic N) is 1. The van der Waals surface area contributed by atoms with Crippen LogP contribution in [0.25, 0.3) is 0 Å². The van der Waals surface area contributed by atoms with E-state index in [1.165, 1.54) is 24.3 Å². The van der Waals surface area contributed by atoms with E-state index >= 15 is 0 Å². The summed E-state index contributed by atoms with van der Waals surface area (Å²) in [6.45, 7) is 0.308. The van der Waals surface area contributed by atoms with Crippen molar-refractivity contribution in [2.24, 2.45) is 4.99 Å². The number of aliphatic hydroxyl groups is 1. The van der Waals surface area contributed by atoms with Crippen molar-refractivity contribution in [3.05, 3.63) is 64.7 Å². The molecule has 0 saturated carbocycles. The van der Waals surface area contributed by atoms with E-state index in [1.54, 1.807) is 6.07 Å². The fraction of sp³-hybridized carbons (Fsp3) is 0.316. The number of rotatable bonds is 8. The number of nitrogens with one attached hydrogen (secondary N) is 2. The topological polar surface area (TPSA) is 65.9 Å². The maximum atomic E-state index is 12.2. The molecule has 5 nitrogen and oxygen atoms in total. The Bertz CT molecular complexity index is 748. The second-order valence-corrected chi connectivity index (χ2v) is 6.04. The summed E-state index contributed by atoms with van der Waals surface area (Å²) in [4.78, 5) is 4.45. The van der Waals surface area contributed by atoms with Gasteiger partial charge in [-0.1, -0.05) is 41.9 Å². The maximum Gasteiger partial charge on any atom is 0.387 e. The Morgan fingerprint density at radius 2 is 1.82 bits per heavy atom. The van der Waals surface area contributed by atoms with Gasteiger partial charge in [-0.15, -0.1) is 24.0 Å². The van der Waals surface area contributed by atoms with E-state index in [-0.39, 0.29) is 36.3 Å². The van der Waals surface area contributed by atoms with Gasteiger partial charge in [0, 0.05) is 18.1 Å². The van der Waals surface area contributed by atoms with Crippen LogP contribution in [-0.4, -0.2) is 30.8 Å². The summed E-state index contributed by atoms with van der Waals surface area (Å²) >= 11 is 6.13. The number of aliphatic hydroxyl groups excluding tert-OH is 1. The lowest BCUT2D eigenvalue weighted by molar-refractivity contribution is -0.0498. The van der Waals surface area contributed by atoms with E-state index in [2.05, 4.69) is 20.4 Å². The highest BCUT2D eigenvalue weighted by Gasteiger charge is 2.10. The number of aliphatic imine (C=N–C) groups is 1. The minimum Gasteiger partial charge on any atom is -0.435 e. The molecule has 28 heavy (non-hydrogen) atoms. The Balaban J connectivity index is 0.00000392. The van der Waals surface area contributed by atoms with Crippen LogP contribution in [0.2, 0.25) is 5.02 Å². The van der Waals surface area contributed by atoms with Crippen molar-refractivity contribution in [1.29, 1.82) is 0 Å². The van der Waals surface area contributed by atoms with Gasteiger partial charge in [-0.25, -0.2) is 4.99 Å². The Labute approximate surface area is 185 Å². The summed E-state index contributed by atoms with van der Waals surface area (Å²) in [6, 6.07) is 13.3. The SMILES string of the molecule is CCNC(=NCc1ccccc1Cl)NCC(O)c1ccc(OC(F)F)cc1.I. The quantitative estimate of drug-likeness (QED) is 0.272. The molecule has 1 unspecified atom stereocenters. The fourth-order valence-corrected chi connectivity index (χ4v) is 2.51. The zero-order valence-corrected chi connectivity index (χ0v) is 18.3. The summed E-state index contributed by atoms with van der Waals surface area (Å²) in [5, 5.41) is 17.1. The Morgan fingerprint density at radius 1 is 1.14 bits per heavy atom. The summed E-state index contributed by atoms with van der Waals surface area (Å²) in [7, 11) is 0. The number of benzene rings is 2. The summed E-state index contributed by atoms with van der Waals surface area (Å²) in [5.41, 5.74) is 1.47. The van der Waals surface area contributed by atoms with E-state index in [0.29, 0.717) is 29.6 Å². The molecule has 2 rings (SSSR count). The molecule has 0 amide bonds. The number of ether oxygens (including phenoxy) is 1. The second kappa shape index (κ2) is 12.7. The summed E-state index contributed by atoms with van der Waals surface area (Å²) in [6.07, 6.45) is -0.838. The molecule has 2 aromatic rings. The van der Waals surface area contributed by atoms with Crippen LogP contribution in [0.15, 0.2) is 53.5 Å². The van der Waals surface area contributed by atoms with Crippen LogP contribution < -0.4 is 15.4 Å². The predicted octanol–water partition coefficient (Wildman–Crippen LogP) is 4.35. The number of hydrogen-bond donors (Lipinski definition) is 3. The minimum atomic E-state index is -2.88. The average Bonchev–Trinajstić information content (AvgIpc) is 2.65. The largest absolute Gasteiger partial charge is 0.435 e. The monoisotopic (exact) mass is 525 g/mol. The van der Waals surface area contributed by atoms with Crippen LogP contribution in [0.3, 0.4) is 0 Å². The molecule has 0 radical (unpaired) electrons. The number of alkyl halides is 2. The lowest BCUT2D eigenvalue weighted by Crippen LogP contribution is -2.39. The Hall–Kier alpha value is -1.65. The van der Waals surface area contributed by atoms with E-state index in [1.807, 2.05) is 25.1 Å². The van der Waals surface area contributed by atoms with Crippen molar-refractivity contribution in [1.82, 2.24) is 10.6 Å². The standard InChI is InChI=1S/C19H22ClF2N3O2.HI/c1-2-23-19(24-11-14-5-3-4-6-16(14)20)25-12-17(26)13-7-9-15(10-8-13)27-18(21)22;/h3-10,17-18,26H,2,11-12H2,1H3,(H2,23,24,25);1H. The highest BCUT2D eigenvalue weighted by molar-refractivity contribution is 14.0. The third-order valence-electron chi connectivity index (χ3n) is 3.66. The fourth-order valence-electron chi connectivity index (χ4n) is 2.32. The third-order valence-corrected chi connectivity index (χ3v) is 4.03. The van der Waals surface area contributed by atoms with Gasteiger partial charge < -0.3 is 20.5 Å². The number of hydrogen-bond acceptors (Lipinski definition) is 3. The lowest BCUT2D eigenvalue weighted by atomic mass is 10.1. The highest BCUT2D eigenvalue weighted by Crippen LogP contribution is 2.19. The predicted molar refractivity (Wildman–Crippen MR) is 118 cm³/mol. The molecule has 0 heterocycles. The molecule has 0 aliphatic rings. The van der Waals surface area contributed by atoms with E-state index in [0.717, 1.165) is 5.56 Å². The third kappa shape index (κ3) is 8.15. The molecule has 0 aliphatic heterocycles. The molecule has 9 heteroatoms. The summed E-state index contributed by atoms with van der Waals surface area (Å²) in [5.74, 6) is 0.581. The van der Waals surface area contributed by atoms with Crippen molar-refractivity contribution >= 4 is 41.5 Å².